The number of nitro benzene ring substituents is 2. The summed E-state index contributed by atoms with van der Waals surface area (Å²) in [4.78, 5) is 44.0. The van der Waals surface area contributed by atoms with Crippen LogP contribution in [0.2, 0.25) is 0 Å². The number of rotatable bonds is 7. The molecule has 0 radical (unpaired) electrons. The van der Waals surface area contributed by atoms with Gasteiger partial charge >= 0.3 is 11.4 Å². The summed E-state index contributed by atoms with van der Waals surface area (Å²) in [5, 5.41) is 26.2. The number of nitro groups is 2. The van der Waals surface area contributed by atoms with Gasteiger partial charge in [0.05, 0.1) is 23.5 Å². The van der Waals surface area contributed by atoms with Crippen LogP contribution in [-0.4, -0.2) is 35.3 Å². The number of hydrogen-bond donors (Lipinski definition) is 2. The van der Waals surface area contributed by atoms with Gasteiger partial charge in [-0.15, -0.1) is 0 Å². The normalized spacial score (nSPS) is 10.1. The predicted octanol–water partition coefficient (Wildman–Crippen LogP) is 2.02. The molecule has 0 aliphatic rings. The molecule has 0 unspecified atom stereocenters. The second kappa shape index (κ2) is 8.53. The summed E-state index contributed by atoms with van der Waals surface area (Å²) in [6, 6.07) is 6.29. The van der Waals surface area contributed by atoms with Gasteiger partial charge in [0.25, 0.3) is 5.91 Å². The van der Waals surface area contributed by atoms with E-state index in [0.717, 1.165) is 24.3 Å². The van der Waals surface area contributed by atoms with Crippen LogP contribution in [0.25, 0.3) is 0 Å². The summed E-state index contributed by atoms with van der Waals surface area (Å²) in [5.41, 5.74) is -1.34. The molecule has 0 bridgehead atoms. The molecule has 28 heavy (non-hydrogen) atoms. The van der Waals surface area contributed by atoms with Gasteiger partial charge in [0.2, 0.25) is 11.7 Å². The molecule has 2 amide bonds. The first-order chi connectivity index (χ1) is 13.2. The number of carbonyl (C=O) groups is 2. The molecule has 0 atom stereocenters. The fraction of sp³-hybridized carbons (Fsp3) is 0.125. The lowest BCUT2D eigenvalue weighted by molar-refractivity contribution is -0.387. The van der Waals surface area contributed by atoms with Gasteiger partial charge < -0.3 is 15.4 Å². The van der Waals surface area contributed by atoms with Crippen LogP contribution in [0.15, 0.2) is 36.4 Å². The third-order valence-electron chi connectivity index (χ3n) is 3.47. The molecule has 0 heterocycles. The topological polar surface area (TPSA) is 154 Å². The van der Waals surface area contributed by atoms with Crippen LogP contribution < -0.4 is 15.4 Å². The fourth-order valence-corrected chi connectivity index (χ4v) is 2.17. The second-order valence-electron chi connectivity index (χ2n) is 5.30. The molecule has 146 valence electrons. The Morgan fingerprint density at radius 1 is 1.07 bits per heavy atom. The lowest BCUT2D eigenvalue weighted by Crippen LogP contribution is -2.32. The number of nitrogens with one attached hydrogen (secondary N) is 2. The van der Waals surface area contributed by atoms with E-state index >= 15 is 0 Å². The number of anilines is 1. The summed E-state index contributed by atoms with van der Waals surface area (Å²) in [6.45, 7) is -0.524. The van der Waals surface area contributed by atoms with Crippen LogP contribution in [0, 0.1) is 26.0 Å². The van der Waals surface area contributed by atoms with E-state index in [2.05, 4.69) is 10.6 Å². The molecule has 2 aromatic rings. The van der Waals surface area contributed by atoms with Crippen molar-refractivity contribution in [1.82, 2.24) is 5.32 Å². The SMILES string of the molecule is COc1ccc(C(=O)NCC(=O)Nc2ccc(F)c([N+](=O)[O-])c2)cc1[N+](=O)[O-]. The summed E-state index contributed by atoms with van der Waals surface area (Å²) < 4.78 is 18.1. The quantitative estimate of drug-likeness (QED) is 0.540. The average molecular weight is 392 g/mol. The van der Waals surface area contributed by atoms with Crippen molar-refractivity contribution in [2.24, 2.45) is 0 Å². The summed E-state index contributed by atoms with van der Waals surface area (Å²) in [5.74, 6) is -2.59. The Bertz CT molecular complexity index is 964. The maximum absolute atomic E-state index is 13.3. The minimum Gasteiger partial charge on any atom is -0.490 e. The number of nitrogens with zero attached hydrogens (tertiary/aromatic N) is 2. The van der Waals surface area contributed by atoms with E-state index in [0.29, 0.717) is 0 Å². The average Bonchev–Trinajstić information content (AvgIpc) is 2.66. The Hall–Kier alpha value is -4.09. The molecule has 0 aliphatic heterocycles. The first-order valence-electron chi connectivity index (χ1n) is 7.57. The standard InChI is InChI=1S/C16H13FN4O7/c1-28-14-5-2-9(6-13(14)21(26)27)16(23)18-8-15(22)19-10-3-4-11(17)12(7-10)20(24)25/h2-7H,8H2,1H3,(H,18,23)(H,19,22). The molecule has 11 nitrogen and oxygen atoms in total. The molecule has 0 aromatic heterocycles. The number of benzene rings is 2. The first-order valence-corrected chi connectivity index (χ1v) is 7.57. The monoisotopic (exact) mass is 392 g/mol. The highest BCUT2D eigenvalue weighted by Crippen LogP contribution is 2.27. The molecule has 0 saturated heterocycles. The number of amides is 2. The van der Waals surface area contributed by atoms with E-state index < -0.39 is 45.4 Å². The Morgan fingerprint density at radius 2 is 1.75 bits per heavy atom. The molecule has 0 fully saturated rings. The Morgan fingerprint density at radius 3 is 2.36 bits per heavy atom. The van der Waals surface area contributed by atoms with Gasteiger partial charge in [-0.25, -0.2) is 0 Å². The van der Waals surface area contributed by atoms with E-state index in [-0.39, 0.29) is 17.0 Å². The second-order valence-corrected chi connectivity index (χ2v) is 5.30. The van der Waals surface area contributed by atoms with Crippen LogP contribution in [0.3, 0.4) is 0 Å². The molecule has 12 heteroatoms. The van der Waals surface area contributed by atoms with Crippen molar-refractivity contribution in [3.05, 3.63) is 68.0 Å². The number of methoxy groups -OCH3 is 1. The van der Waals surface area contributed by atoms with Crippen LogP contribution in [-0.2, 0) is 4.79 Å². The molecule has 2 N–H and O–H groups in total. The van der Waals surface area contributed by atoms with Crippen LogP contribution >= 0.6 is 0 Å². The highest BCUT2D eigenvalue weighted by molar-refractivity contribution is 5.99. The Kier molecular flexibility index (Phi) is 6.16. The summed E-state index contributed by atoms with van der Waals surface area (Å²) in [6.07, 6.45) is 0. The van der Waals surface area contributed by atoms with E-state index in [9.17, 15) is 34.2 Å². The van der Waals surface area contributed by atoms with Crippen LogP contribution in [0.5, 0.6) is 5.75 Å². The third-order valence-corrected chi connectivity index (χ3v) is 3.47. The predicted molar refractivity (Wildman–Crippen MR) is 93.7 cm³/mol. The van der Waals surface area contributed by atoms with Crippen LogP contribution in [0.1, 0.15) is 10.4 Å². The van der Waals surface area contributed by atoms with E-state index in [1.54, 1.807) is 0 Å². The zero-order valence-electron chi connectivity index (χ0n) is 14.3. The minimum absolute atomic E-state index is 0.0304. The van der Waals surface area contributed by atoms with Crippen molar-refractivity contribution in [3.63, 3.8) is 0 Å². The zero-order valence-corrected chi connectivity index (χ0v) is 14.3. The van der Waals surface area contributed by atoms with E-state index in [1.807, 2.05) is 0 Å². The lowest BCUT2D eigenvalue weighted by atomic mass is 10.1. The van der Waals surface area contributed by atoms with Crippen LogP contribution in [0.4, 0.5) is 21.5 Å². The Labute approximate surface area is 156 Å². The van der Waals surface area contributed by atoms with Gasteiger partial charge in [-0.3, -0.25) is 29.8 Å². The molecule has 0 saturated carbocycles. The number of hydrogen-bond acceptors (Lipinski definition) is 7. The Balaban J connectivity index is 2.02. The number of ether oxygens (including phenoxy) is 1. The van der Waals surface area contributed by atoms with Crippen molar-refractivity contribution in [1.29, 1.82) is 0 Å². The van der Waals surface area contributed by atoms with Crippen molar-refractivity contribution >= 4 is 28.9 Å². The van der Waals surface area contributed by atoms with Gasteiger partial charge in [0, 0.05) is 23.4 Å². The molecule has 2 rings (SSSR count). The van der Waals surface area contributed by atoms with Gasteiger partial charge in [0.1, 0.15) is 0 Å². The van der Waals surface area contributed by atoms with Crippen molar-refractivity contribution in [2.75, 3.05) is 19.0 Å². The molecule has 0 spiro atoms. The maximum atomic E-state index is 13.3. The fourth-order valence-electron chi connectivity index (χ4n) is 2.17. The highest BCUT2D eigenvalue weighted by atomic mass is 19.1. The molecule has 2 aromatic carbocycles. The number of carbonyl (C=O) groups excluding carboxylic acids is 2. The van der Waals surface area contributed by atoms with Crippen molar-refractivity contribution in [3.8, 4) is 5.75 Å². The lowest BCUT2D eigenvalue weighted by Gasteiger charge is -2.08. The van der Waals surface area contributed by atoms with Gasteiger partial charge in [0.15, 0.2) is 5.75 Å². The molecule has 0 aliphatic carbocycles. The smallest absolute Gasteiger partial charge is 0.311 e. The van der Waals surface area contributed by atoms with Gasteiger partial charge in [-0.05, 0) is 24.3 Å². The molecular formula is C16H13FN4O7. The number of halogens is 1. The third kappa shape index (κ3) is 4.75. The summed E-state index contributed by atoms with van der Waals surface area (Å²) in [7, 11) is 1.24. The van der Waals surface area contributed by atoms with Crippen molar-refractivity contribution < 1.29 is 28.6 Å². The maximum Gasteiger partial charge on any atom is 0.311 e. The zero-order chi connectivity index (χ0) is 20.8. The summed E-state index contributed by atoms with van der Waals surface area (Å²) >= 11 is 0. The van der Waals surface area contributed by atoms with Gasteiger partial charge in [-0.1, -0.05) is 0 Å². The van der Waals surface area contributed by atoms with Gasteiger partial charge in [-0.2, -0.15) is 4.39 Å². The largest absolute Gasteiger partial charge is 0.490 e. The molecular weight excluding hydrogens is 379 g/mol. The first kappa shape index (κ1) is 20.2. The van der Waals surface area contributed by atoms with E-state index in [1.165, 1.54) is 19.2 Å². The minimum atomic E-state index is -1.06. The van der Waals surface area contributed by atoms with E-state index in [4.69, 9.17) is 4.74 Å². The van der Waals surface area contributed by atoms with Crippen molar-refractivity contribution in [2.45, 2.75) is 0 Å². The highest BCUT2D eigenvalue weighted by Gasteiger charge is 2.19.